The number of halogens is 2. The van der Waals surface area contributed by atoms with Crippen LogP contribution in [0.25, 0.3) is 0 Å². The van der Waals surface area contributed by atoms with Gasteiger partial charge in [-0.1, -0.05) is 41.9 Å². The zero-order valence-corrected chi connectivity index (χ0v) is 19.7. The van der Waals surface area contributed by atoms with Crippen molar-refractivity contribution in [2.45, 2.75) is 32.4 Å². The molecule has 3 aromatic rings. The summed E-state index contributed by atoms with van der Waals surface area (Å²) in [5.74, 6) is -1.07. The van der Waals surface area contributed by atoms with Crippen molar-refractivity contribution in [3.05, 3.63) is 87.0 Å². The Bertz CT molecular complexity index is 1150. The Balaban J connectivity index is 1.53. The van der Waals surface area contributed by atoms with E-state index in [-0.39, 0.29) is 22.6 Å². The highest BCUT2D eigenvalue weighted by molar-refractivity contribution is 7.18. The summed E-state index contributed by atoms with van der Waals surface area (Å²) in [6.45, 7) is 3.55. The molecule has 33 heavy (non-hydrogen) atoms. The Labute approximate surface area is 201 Å². The van der Waals surface area contributed by atoms with E-state index in [1.807, 2.05) is 42.2 Å². The van der Waals surface area contributed by atoms with Gasteiger partial charge in [-0.2, -0.15) is 0 Å². The summed E-state index contributed by atoms with van der Waals surface area (Å²) in [5, 5.41) is 3.33. The third-order valence-corrected chi connectivity index (χ3v) is 6.93. The topological polar surface area (TPSA) is 58.6 Å². The molecule has 0 bridgehead atoms. The summed E-state index contributed by atoms with van der Waals surface area (Å²) in [6, 6.07) is 15.2. The van der Waals surface area contributed by atoms with Gasteiger partial charge in [0.25, 0.3) is 11.8 Å². The normalized spacial score (nSPS) is 15.4. The second kappa shape index (κ2) is 10.5. The third kappa shape index (κ3) is 5.79. The van der Waals surface area contributed by atoms with Gasteiger partial charge in [0, 0.05) is 19.7 Å². The molecule has 8 heteroatoms. The van der Waals surface area contributed by atoms with Gasteiger partial charge in [0.15, 0.2) is 0 Å². The van der Waals surface area contributed by atoms with Crippen LogP contribution in [0.4, 0.5) is 9.39 Å². The molecule has 1 atom stereocenters. The highest BCUT2D eigenvalue weighted by atomic mass is 35.5. The number of carbonyl (C=O) groups excluding carboxylic acids is 2. The molecule has 0 radical (unpaired) electrons. The predicted molar refractivity (Wildman–Crippen MR) is 129 cm³/mol. The SMILES string of the molecule is Cc1cc(NC(=O)c2ccc(F)cc2Cl)sc1C(=O)N(Cc1ccccc1)CC1CCCO1. The zero-order valence-electron chi connectivity index (χ0n) is 18.1. The van der Waals surface area contributed by atoms with Crippen LogP contribution in [0.3, 0.4) is 0 Å². The standard InChI is InChI=1S/C25H24ClFN2O3S/c1-16-12-22(28-24(30)20-10-9-18(27)13-21(20)26)33-23(16)25(31)29(15-19-8-5-11-32-19)14-17-6-3-2-4-7-17/h2-4,6-7,9-10,12-13,19H,5,8,11,14-15H2,1H3,(H,28,30). The Kier molecular flexibility index (Phi) is 7.42. The summed E-state index contributed by atoms with van der Waals surface area (Å²) in [7, 11) is 0. The fourth-order valence-electron chi connectivity index (χ4n) is 3.81. The smallest absolute Gasteiger partial charge is 0.264 e. The molecule has 0 saturated carbocycles. The second-order valence-electron chi connectivity index (χ2n) is 8.01. The van der Waals surface area contributed by atoms with Crippen molar-refractivity contribution in [3.8, 4) is 0 Å². The van der Waals surface area contributed by atoms with Gasteiger partial charge < -0.3 is 15.0 Å². The molecule has 0 aliphatic carbocycles. The lowest BCUT2D eigenvalue weighted by molar-refractivity contribution is 0.0510. The first-order valence-corrected chi connectivity index (χ1v) is 11.9. The van der Waals surface area contributed by atoms with Crippen LogP contribution in [0.15, 0.2) is 54.6 Å². The number of nitrogens with zero attached hydrogens (tertiary/aromatic N) is 1. The minimum atomic E-state index is -0.513. The first kappa shape index (κ1) is 23.4. The number of nitrogens with one attached hydrogen (secondary N) is 1. The molecule has 1 N–H and O–H groups in total. The molecule has 1 aliphatic heterocycles. The second-order valence-corrected chi connectivity index (χ2v) is 9.47. The van der Waals surface area contributed by atoms with Crippen LogP contribution in [-0.4, -0.2) is 36.0 Å². The third-order valence-electron chi connectivity index (χ3n) is 5.48. The lowest BCUT2D eigenvalue weighted by Gasteiger charge is -2.25. The lowest BCUT2D eigenvalue weighted by atomic mass is 10.1. The summed E-state index contributed by atoms with van der Waals surface area (Å²) >= 11 is 7.22. The van der Waals surface area contributed by atoms with E-state index in [1.54, 1.807) is 6.07 Å². The summed E-state index contributed by atoms with van der Waals surface area (Å²) in [5.41, 5.74) is 1.98. The molecule has 0 spiro atoms. The monoisotopic (exact) mass is 486 g/mol. The fourth-order valence-corrected chi connectivity index (χ4v) is 5.10. The van der Waals surface area contributed by atoms with Gasteiger partial charge in [-0.3, -0.25) is 9.59 Å². The average Bonchev–Trinajstić information content (AvgIpc) is 3.43. The number of hydrogen-bond donors (Lipinski definition) is 1. The number of benzene rings is 2. The quantitative estimate of drug-likeness (QED) is 0.450. The maximum atomic E-state index is 13.5. The van der Waals surface area contributed by atoms with Gasteiger partial charge in [-0.15, -0.1) is 11.3 Å². The molecule has 1 unspecified atom stereocenters. The van der Waals surface area contributed by atoms with Crippen LogP contribution in [0, 0.1) is 12.7 Å². The summed E-state index contributed by atoms with van der Waals surface area (Å²) in [4.78, 5) is 28.5. The number of anilines is 1. The zero-order chi connectivity index (χ0) is 23.4. The molecule has 2 heterocycles. The van der Waals surface area contributed by atoms with Crippen molar-refractivity contribution in [1.29, 1.82) is 0 Å². The minimum absolute atomic E-state index is 0.0257. The van der Waals surface area contributed by atoms with E-state index in [4.69, 9.17) is 16.3 Å². The first-order valence-electron chi connectivity index (χ1n) is 10.7. The van der Waals surface area contributed by atoms with Crippen LogP contribution in [0.1, 0.15) is 44.0 Å². The number of carbonyl (C=O) groups is 2. The highest BCUT2D eigenvalue weighted by Gasteiger charge is 2.26. The van der Waals surface area contributed by atoms with E-state index < -0.39 is 11.7 Å². The summed E-state index contributed by atoms with van der Waals surface area (Å²) in [6.07, 6.45) is 1.96. The molecule has 2 amide bonds. The summed E-state index contributed by atoms with van der Waals surface area (Å²) < 4.78 is 19.1. The van der Waals surface area contributed by atoms with Crippen LogP contribution in [0.2, 0.25) is 5.02 Å². The molecule has 2 aromatic carbocycles. The van der Waals surface area contributed by atoms with Crippen molar-refractivity contribution < 1.29 is 18.7 Å². The fraction of sp³-hybridized carbons (Fsp3) is 0.280. The predicted octanol–water partition coefficient (Wildman–Crippen LogP) is 5.92. The molecule has 5 nitrogen and oxygen atoms in total. The molecule has 1 aromatic heterocycles. The van der Waals surface area contributed by atoms with Gasteiger partial charge in [0.05, 0.1) is 26.6 Å². The van der Waals surface area contributed by atoms with E-state index in [1.165, 1.54) is 23.5 Å². The minimum Gasteiger partial charge on any atom is -0.376 e. The number of hydrogen-bond acceptors (Lipinski definition) is 4. The largest absolute Gasteiger partial charge is 0.376 e. The molecule has 1 saturated heterocycles. The molecule has 4 rings (SSSR count). The number of aryl methyl sites for hydroxylation is 1. The van der Waals surface area contributed by atoms with Crippen molar-refractivity contribution >= 4 is 39.8 Å². The van der Waals surface area contributed by atoms with E-state index in [9.17, 15) is 14.0 Å². The molecule has 1 aliphatic rings. The van der Waals surface area contributed by atoms with Crippen molar-refractivity contribution in [1.82, 2.24) is 4.90 Å². The van der Waals surface area contributed by atoms with Gasteiger partial charge in [-0.25, -0.2) is 4.39 Å². The van der Waals surface area contributed by atoms with E-state index in [2.05, 4.69) is 5.32 Å². The molecule has 1 fully saturated rings. The van der Waals surface area contributed by atoms with Gasteiger partial charge in [0.2, 0.25) is 0 Å². The van der Waals surface area contributed by atoms with Crippen LogP contribution >= 0.6 is 22.9 Å². The maximum Gasteiger partial charge on any atom is 0.264 e. The Morgan fingerprint density at radius 2 is 2.00 bits per heavy atom. The average molecular weight is 487 g/mol. The molecular weight excluding hydrogens is 463 g/mol. The Morgan fingerprint density at radius 1 is 1.21 bits per heavy atom. The van der Waals surface area contributed by atoms with Gasteiger partial charge in [-0.05, 0) is 55.2 Å². The van der Waals surface area contributed by atoms with Crippen molar-refractivity contribution in [3.63, 3.8) is 0 Å². The molecular formula is C25H24ClFN2O3S. The van der Waals surface area contributed by atoms with Gasteiger partial charge >= 0.3 is 0 Å². The van der Waals surface area contributed by atoms with E-state index >= 15 is 0 Å². The lowest BCUT2D eigenvalue weighted by Crippen LogP contribution is -2.36. The first-order chi connectivity index (χ1) is 15.9. The highest BCUT2D eigenvalue weighted by Crippen LogP contribution is 2.30. The Morgan fingerprint density at radius 3 is 2.70 bits per heavy atom. The van der Waals surface area contributed by atoms with Crippen molar-refractivity contribution in [2.24, 2.45) is 0 Å². The van der Waals surface area contributed by atoms with Crippen LogP contribution in [-0.2, 0) is 11.3 Å². The van der Waals surface area contributed by atoms with E-state index in [0.717, 1.165) is 36.6 Å². The number of thiophene rings is 1. The number of rotatable bonds is 7. The number of ether oxygens (including phenoxy) is 1. The van der Waals surface area contributed by atoms with Gasteiger partial charge in [0.1, 0.15) is 5.82 Å². The van der Waals surface area contributed by atoms with Crippen molar-refractivity contribution in [2.75, 3.05) is 18.5 Å². The molecule has 172 valence electrons. The van der Waals surface area contributed by atoms with Crippen LogP contribution < -0.4 is 5.32 Å². The van der Waals surface area contributed by atoms with E-state index in [0.29, 0.717) is 23.0 Å². The number of amides is 2. The van der Waals surface area contributed by atoms with Crippen LogP contribution in [0.5, 0.6) is 0 Å². The maximum absolute atomic E-state index is 13.5. The Hall–Kier alpha value is -2.74.